The van der Waals surface area contributed by atoms with Crippen molar-refractivity contribution in [2.24, 2.45) is 9.98 Å². The molecule has 0 radical (unpaired) electrons. The van der Waals surface area contributed by atoms with E-state index >= 15 is 0 Å². The van der Waals surface area contributed by atoms with Crippen molar-refractivity contribution in [2.75, 3.05) is 0 Å². The summed E-state index contributed by atoms with van der Waals surface area (Å²) in [6.45, 7) is 0. The van der Waals surface area contributed by atoms with Crippen LogP contribution in [0.15, 0.2) is 190 Å². The van der Waals surface area contributed by atoms with Gasteiger partial charge in [-0.2, -0.15) is 0 Å². The molecule has 1 atom stereocenters. The number of benzene rings is 8. The van der Waals surface area contributed by atoms with Crippen LogP contribution in [0.3, 0.4) is 0 Å². The standard InChI is InChI=1S/C49H31N3OS/c1-2-11-33(12-3-1)47-50-48(34-23-18-31(19-24-34)37-27-20-30-10-4-5-13-36(30)28-37)52-49(51-47)35-25-21-32(22-26-35)40-29-41-38-14-6-8-16-42(38)53-45(41)44-39-15-7-9-17-43(39)54-46(40)44/h1-29,47H,(H,50,51,52). The van der Waals surface area contributed by atoms with Gasteiger partial charge in [0, 0.05) is 47.6 Å². The predicted molar refractivity (Wildman–Crippen MR) is 227 cm³/mol. The van der Waals surface area contributed by atoms with Crippen LogP contribution in [0.5, 0.6) is 0 Å². The molecule has 0 fully saturated rings. The molecule has 10 aromatic rings. The first kappa shape index (κ1) is 30.8. The number of nitrogens with one attached hydrogen (secondary N) is 1. The van der Waals surface area contributed by atoms with Crippen molar-refractivity contribution < 1.29 is 4.42 Å². The molecule has 0 spiro atoms. The highest BCUT2D eigenvalue weighted by Gasteiger charge is 2.22. The Kier molecular flexibility index (Phi) is 7.07. The summed E-state index contributed by atoms with van der Waals surface area (Å²) in [5.41, 5.74) is 9.62. The summed E-state index contributed by atoms with van der Waals surface area (Å²) in [5, 5.41) is 10.8. The van der Waals surface area contributed by atoms with E-state index in [1.165, 1.54) is 42.1 Å². The number of hydrogen-bond donors (Lipinski definition) is 1. The number of hydrogen-bond acceptors (Lipinski definition) is 5. The number of aliphatic imine (C=N–C) groups is 2. The lowest BCUT2D eigenvalue weighted by molar-refractivity contribution is 0.673. The number of rotatable bonds is 5. The zero-order chi connectivity index (χ0) is 35.6. The van der Waals surface area contributed by atoms with Crippen LogP contribution >= 0.6 is 11.3 Å². The Morgan fingerprint density at radius 1 is 0.519 bits per heavy atom. The third-order valence-corrected chi connectivity index (χ3v) is 11.7. The number of nitrogens with zero attached hydrogens (tertiary/aromatic N) is 2. The van der Waals surface area contributed by atoms with Gasteiger partial charge in [0.2, 0.25) is 0 Å². The van der Waals surface area contributed by atoms with E-state index < -0.39 is 0 Å². The molecule has 1 aliphatic rings. The van der Waals surface area contributed by atoms with Gasteiger partial charge in [-0.25, -0.2) is 9.98 Å². The zero-order valence-corrected chi connectivity index (χ0v) is 29.8. The summed E-state index contributed by atoms with van der Waals surface area (Å²) >= 11 is 1.82. The van der Waals surface area contributed by atoms with Crippen molar-refractivity contribution >= 4 is 75.9 Å². The zero-order valence-electron chi connectivity index (χ0n) is 29.0. The minimum absolute atomic E-state index is 0.275. The summed E-state index contributed by atoms with van der Waals surface area (Å²) in [4.78, 5) is 10.3. The molecule has 0 amide bonds. The van der Waals surface area contributed by atoms with Crippen LogP contribution in [0.2, 0.25) is 0 Å². The number of furan rings is 1. The molecule has 3 heterocycles. The van der Waals surface area contributed by atoms with Crippen molar-refractivity contribution in [3.05, 3.63) is 193 Å². The highest BCUT2D eigenvalue weighted by atomic mass is 32.1. The van der Waals surface area contributed by atoms with E-state index in [0.717, 1.165) is 55.6 Å². The van der Waals surface area contributed by atoms with Gasteiger partial charge in [-0.15, -0.1) is 11.3 Å². The van der Waals surface area contributed by atoms with E-state index in [-0.39, 0.29) is 6.17 Å². The van der Waals surface area contributed by atoms with Gasteiger partial charge >= 0.3 is 0 Å². The minimum atomic E-state index is -0.275. The molecule has 1 aliphatic heterocycles. The first-order valence-corrected chi connectivity index (χ1v) is 19.0. The van der Waals surface area contributed by atoms with Crippen molar-refractivity contribution in [2.45, 2.75) is 6.17 Å². The first-order chi connectivity index (χ1) is 26.7. The quantitative estimate of drug-likeness (QED) is 0.193. The normalized spacial score (nSPS) is 14.5. The third kappa shape index (κ3) is 5.12. The molecule has 4 nitrogen and oxygen atoms in total. The maximum absolute atomic E-state index is 6.53. The summed E-state index contributed by atoms with van der Waals surface area (Å²) in [5.74, 6) is 1.50. The second-order valence-electron chi connectivity index (χ2n) is 13.8. The van der Waals surface area contributed by atoms with E-state index in [4.69, 9.17) is 14.4 Å². The van der Waals surface area contributed by atoms with E-state index in [9.17, 15) is 0 Å². The summed E-state index contributed by atoms with van der Waals surface area (Å²) < 4.78 is 9.01. The molecule has 11 rings (SSSR count). The lowest BCUT2D eigenvalue weighted by atomic mass is 9.98. The number of amidine groups is 2. The van der Waals surface area contributed by atoms with E-state index in [0.29, 0.717) is 5.84 Å². The molecule has 1 N–H and O–H groups in total. The van der Waals surface area contributed by atoms with Crippen LogP contribution < -0.4 is 5.32 Å². The monoisotopic (exact) mass is 709 g/mol. The molecule has 0 saturated carbocycles. The van der Waals surface area contributed by atoms with Crippen LogP contribution in [0.1, 0.15) is 22.9 Å². The molecule has 0 saturated heterocycles. The van der Waals surface area contributed by atoms with Gasteiger partial charge in [0.05, 0.1) is 0 Å². The fourth-order valence-electron chi connectivity index (χ4n) is 7.80. The van der Waals surface area contributed by atoms with E-state index in [1.54, 1.807) is 0 Å². The van der Waals surface area contributed by atoms with Crippen LogP contribution in [-0.2, 0) is 0 Å². The molecule has 1 unspecified atom stereocenters. The number of para-hydroxylation sites is 1. The molecule has 5 heteroatoms. The predicted octanol–water partition coefficient (Wildman–Crippen LogP) is 12.9. The second kappa shape index (κ2) is 12.4. The average Bonchev–Trinajstić information content (AvgIpc) is 3.82. The van der Waals surface area contributed by atoms with Gasteiger partial charge in [0.25, 0.3) is 0 Å². The van der Waals surface area contributed by atoms with Gasteiger partial charge < -0.3 is 9.73 Å². The van der Waals surface area contributed by atoms with Crippen LogP contribution in [0, 0.1) is 0 Å². The molecule has 0 bridgehead atoms. The molecule has 254 valence electrons. The van der Waals surface area contributed by atoms with Crippen molar-refractivity contribution in [3.63, 3.8) is 0 Å². The van der Waals surface area contributed by atoms with Crippen LogP contribution in [0.4, 0.5) is 0 Å². The maximum Gasteiger partial charge on any atom is 0.159 e. The van der Waals surface area contributed by atoms with Gasteiger partial charge in [0.1, 0.15) is 23.2 Å². The Morgan fingerprint density at radius 3 is 2.04 bits per heavy atom. The average molecular weight is 710 g/mol. The number of thiophene rings is 1. The smallest absolute Gasteiger partial charge is 0.159 e. The first-order valence-electron chi connectivity index (χ1n) is 18.2. The fourth-order valence-corrected chi connectivity index (χ4v) is 9.04. The Bertz CT molecular complexity index is 3120. The van der Waals surface area contributed by atoms with Crippen LogP contribution in [-0.4, -0.2) is 11.7 Å². The largest absolute Gasteiger partial charge is 0.455 e. The summed E-state index contributed by atoms with van der Waals surface area (Å²) in [7, 11) is 0. The van der Waals surface area contributed by atoms with Gasteiger partial charge in [-0.05, 0) is 57.3 Å². The van der Waals surface area contributed by atoms with Crippen molar-refractivity contribution in [1.82, 2.24) is 5.32 Å². The number of fused-ring (bicyclic) bond motifs is 8. The van der Waals surface area contributed by atoms with Crippen molar-refractivity contribution in [3.8, 4) is 22.3 Å². The van der Waals surface area contributed by atoms with Crippen LogP contribution in [0.25, 0.3) is 75.1 Å². The van der Waals surface area contributed by atoms with Gasteiger partial charge in [0.15, 0.2) is 5.84 Å². The Balaban J connectivity index is 0.988. The molecular weight excluding hydrogens is 679 g/mol. The second-order valence-corrected chi connectivity index (χ2v) is 14.8. The lowest BCUT2D eigenvalue weighted by Gasteiger charge is -2.24. The Morgan fingerprint density at radius 2 is 1.19 bits per heavy atom. The maximum atomic E-state index is 6.53. The minimum Gasteiger partial charge on any atom is -0.455 e. The molecule has 0 aliphatic carbocycles. The summed E-state index contributed by atoms with van der Waals surface area (Å²) in [6.07, 6.45) is -0.275. The molecule has 8 aromatic carbocycles. The fraction of sp³-hybridized carbons (Fsp3) is 0.0204. The Labute approximate surface area is 315 Å². The molecular formula is C49H31N3OS. The van der Waals surface area contributed by atoms with E-state index in [1.807, 2.05) is 23.5 Å². The molecule has 2 aromatic heterocycles. The van der Waals surface area contributed by atoms with Gasteiger partial charge in [-0.3, -0.25) is 0 Å². The highest BCUT2D eigenvalue weighted by molar-refractivity contribution is 7.26. The molecule has 54 heavy (non-hydrogen) atoms. The van der Waals surface area contributed by atoms with Gasteiger partial charge in [-0.1, -0.05) is 152 Å². The lowest BCUT2D eigenvalue weighted by Crippen LogP contribution is -2.33. The third-order valence-electron chi connectivity index (χ3n) is 10.5. The topological polar surface area (TPSA) is 49.9 Å². The Hall–Kier alpha value is -6.82. The van der Waals surface area contributed by atoms with E-state index in [2.05, 4.69) is 169 Å². The highest BCUT2D eigenvalue weighted by Crippen LogP contribution is 2.46. The van der Waals surface area contributed by atoms with Crippen molar-refractivity contribution in [1.29, 1.82) is 0 Å². The summed E-state index contributed by atoms with van der Waals surface area (Å²) in [6, 6.07) is 62.1. The SMILES string of the molecule is c1ccc(C2N=C(c3ccc(-c4ccc5ccccc5c4)cc3)N=C(c3ccc(-c4cc5c6ccccc6oc5c5c4sc4ccccc45)cc3)N2)cc1.